The highest BCUT2D eigenvalue weighted by Crippen LogP contribution is 2.28. The summed E-state index contributed by atoms with van der Waals surface area (Å²) in [6.07, 6.45) is 3.66. The summed E-state index contributed by atoms with van der Waals surface area (Å²) in [5.41, 5.74) is 5.16. The lowest BCUT2D eigenvalue weighted by Gasteiger charge is -2.36. The van der Waals surface area contributed by atoms with E-state index >= 15 is 0 Å². The predicted octanol–water partition coefficient (Wildman–Crippen LogP) is 3.35. The summed E-state index contributed by atoms with van der Waals surface area (Å²) in [5, 5.41) is 3.13. The highest BCUT2D eigenvalue weighted by atomic mass is 35.5. The van der Waals surface area contributed by atoms with Gasteiger partial charge in [-0.2, -0.15) is 0 Å². The molecule has 0 spiro atoms. The number of rotatable bonds is 5. The second-order valence-corrected chi connectivity index (χ2v) is 8.91. The number of hydrogen-bond acceptors (Lipinski definition) is 6. The molecule has 0 radical (unpaired) electrons. The van der Waals surface area contributed by atoms with Gasteiger partial charge >= 0.3 is 6.09 Å². The highest BCUT2D eigenvalue weighted by molar-refractivity contribution is 6.29. The molecule has 1 saturated carbocycles. The van der Waals surface area contributed by atoms with E-state index in [9.17, 15) is 14.4 Å². The fraction of sp³-hybridized carbons (Fsp3) is 0.619. The van der Waals surface area contributed by atoms with Crippen molar-refractivity contribution in [1.29, 1.82) is 0 Å². The summed E-state index contributed by atoms with van der Waals surface area (Å²) in [5.74, 6) is -0.973. The predicted molar refractivity (Wildman–Crippen MR) is 119 cm³/mol. The van der Waals surface area contributed by atoms with Crippen LogP contribution in [0.15, 0.2) is 12.3 Å². The monoisotopic (exact) mass is 453 g/mol. The third kappa shape index (κ3) is 6.99. The second-order valence-electron chi connectivity index (χ2n) is 8.52. The lowest BCUT2D eigenvalue weighted by molar-refractivity contribution is -0.127. The van der Waals surface area contributed by atoms with Crippen molar-refractivity contribution in [3.63, 3.8) is 0 Å². The Morgan fingerprint density at radius 1 is 1.19 bits per heavy atom. The Kier molecular flexibility index (Phi) is 8.50. The molecule has 3 N–H and O–H groups in total. The topological polar surface area (TPSA) is 113 Å². The molecule has 0 atom stereocenters. The lowest BCUT2D eigenvalue weighted by Crippen LogP contribution is -2.48. The number of hydrazine groups is 1. The van der Waals surface area contributed by atoms with Gasteiger partial charge < -0.3 is 15.0 Å². The Morgan fingerprint density at radius 3 is 2.39 bits per heavy atom. The number of carbonyl (C=O) groups is 3. The molecular formula is C21H32ClN5O4. The summed E-state index contributed by atoms with van der Waals surface area (Å²) in [4.78, 5) is 43.0. The van der Waals surface area contributed by atoms with Crippen LogP contribution < -0.4 is 16.2 Å². The Balaban J connectivity index is 1.86. The minimum absolute atomic E-state index is 0.0387. The summed E-state index contributed by atoms with van der Waals surface area (Å²) in [6, 6.07) is 1.57. The Bertz CT molecular complexity index is 803. The van der Waals surface area contributed by atoms with Gasteiger partial charge in [0, 0.05) is 31.7 Å². The summed E-state index contributed by atoms with van der Waals surface area (Å²) in [6.45, 7) is 7.99. The molecular weight excluding hydrogens is 422 g/mol. The normalized spacial score (nSPS) is 18.6. The van der Waals surface area contributed by atoms with Gasteiger partial charge in [-0.15, -0.1) is 0 Å². The van der Waals surface area contributed by atoms with Crippen LogP contribution in [-0.4, -0.2) is 53.0 Å². The number of pyridine rings is 1. The average molecular weight is 454 g/mol. The first-order valence-electron chi connectivity index (χ1n) is 10.5. The van der Waals surface area contributed by atoms with Crippen molar-refractivity contribution < 1.29 is 19.1 Å². The fourth-order valence-corrected chi connectivity index (χ4v) is 3.77. The zero-order valence-corrected chi connectivity index (χ0v) is 19.5. The zero-order valence-electron chi connectivity index (χ0n) is 18.8. The number of nitrogens with zero attached hydrogens (tertiary/aromatic N) is 2. The van der Waals surface area contributed by atoms with Crippen LogP contribution in [-0.2, 0) is 9.53 Å². The third-order valence-corrected chi connectivity index (χ3v) is 5.37. The van der Waals surface area contributed by atoms with E-state index in [2.05, 4.69) is 21.2 Å². The Morgan fingerprint density at radius 2 is 1.84 bits per heavy atom. The van der Waals surface area contributed by atoms with E-state index in [1.54, 1.807) is 11.9 Å². The van der Waals surface area contributed by atoms with E-state index < -0.39 is 11.5 Å². The molecule has 0 aliphatic heterocycles. The van der Waals surface area contributed by atoms with Crippen LogP contribution in [0.1, 0.15) is 63.7 Å². The molecule has 0 unspecified atom stereocenters. The molecule has 3 amide bonds. The molecule has 10 heteroatoms. The molecule has 2 rings (SSSR count). The van der Waals surface area contributed by atoms with Gasteiger partial charge in [0.25, 0.3) is 5.91 Å². The largest absolute Gasteiger partial charge is 0.444 e. The molecule has 1 heterocycles. The Labute approximate surface area is 188 Å². The van der Waals surface area contributed by atoms with Gasteiger partial charge in [0.15, 0.2) is 0 Å². The maximum absolute atomic E-state index is 12.5. The van der Waals surface area contributed by atoms with Crippen molar-refractivity contribution in [1.82, 2.24) is 20.7 Å². The minimum Gasteiger partial charge on any atom is -0.444 e. The fourth-order valence-electron chi connectivity index (χ4n) is 3.61. The molecule has 1 aliphatic rings. The minimum atomic E-state index is -0.549. The van der Waals surface area contributed by atoms with Crippen molar-refractivity contribution >= 4 is 35.2 Å². The molecule has 1 aromatic rings. The first kappa shape index (κ1) is 24.7. The smallest absolute Gasteiger partial charge is 0.410 e. The number of anilines is 1. The van der Waals surface area contributed by atoms with E-state index in [1.165, 1.54) is 12.3 Å². The first-order valence-corrected chi connectivity index (χ1v) is 10.9. The van der Waals surface area contributed by atoms with Crippen LogP contribution in [0.4, 0.5) is 10.5 Å². The number of ether oxygens (including phenoxy) is 1. The number of hydrogen-bond donors (Lipinski definition) is 3. The second kappa shape index (κ2) is 10.7. The first-order chi connectivity index (χ1) is 14.6. The standard InChI is InChI=1S/C21H32ClN5O4/c1-6-27(20(30)31-21(2,3)4)14-9-7-13(8-10-14)18(28)25-26-19(29)15-12-24-17(22)11-16(15)23-5/h11-14H,6-10H2,1-5H3,(H,23,24)(H,25,28)(H,26,29)/t13-,14-. The third-order valence-electron chi connectivity index (χ3n) is 5.16. The van der Waals surface area contributed by atoms with Crippen molar-refractivity contribution in [3.8, 4) is 0 Å². The zero-order chi connectivity index (χ0) is 23.2. The van der Waals surface area contributed by atoms with Crippen LogP contribution in [0.3, 0.4) is 0 Å². The van der Waals surface area contributed by atoms with Gasteiger partial charge in [0.05, 0.1) is 11.3 Å². The van der Waals surface area contributed by atoms with Gasteiger partial charge in [-0.05, 0) is 59.4 Å². The summed E-state index contributed by atoms with van der Waals surface area (Å²) in [7, 11) is 1.66. The number of halogens is 1. The number of amides is 3. The van der Waals surface area contributed by atoms with Crippen molar-refractivity contribution in [2.45, 2.75) is 65.0 Å². The summed E-state index contributed by atoms with van der Waals surface area (Å²) >= 11 is 5.84. The van der Waals surface area contributed by atoms with Gasteiger partial charge in [0.2, 0.25) is 5.91 Å². The molecule has 1 fully saturated rings. The van der Waals surface area contributed by atoms with Gasteiger partial charge in [-0.25, -0.2) is 9.78 Å². The van der Waals surface area contributed by atoms with E-state index in [0.29, 0.717) is 37.9 Å². The van der Waals surface area contributed by atoms with Crippen molar-refractivity contribution in [2.24, 2.45) is 5.92 Å². The maximum atomic E-state index is 12.5. The number of carbonyl (C=O) groups excluding carboxylic acids is 3. The van der Waals surface area contributed by atoms with E-state index in [0.717, 1.165) is 0 Å². The highest BCUT2D eigenvalue weighted by Gasteiger charge is 2.33. The van der Waals surface area contributed by atoms with Crippen LogP contribution in [0.2, 0.25) is 5.15 Å². The van der Waals surface area contributed by atoms with Gasteiger partial charge in [-0.1, -0.05) is 11.6 Å². The van der Waals surface area contributed by atoms with E-state index in [-0.39, 0.29) is 34.7 Å². The summed E-state index contributed by atoms with van der Waals surface area (Å²) < 4.78 is 5.49. The molecule has 1 aromatic heterocycles. The molecule has 9 nitrogen and oxygen atoms in total. The number of aromatic nitrogens is 1. The van der Waals surface area contributed by atoms with Gasteiger partial charge in [-0.3, -0.25) is 20.4 Å². The molecule has 1 aliphatic carbocycles. The van der Waals surface area contributed by atoms with E-state index in [4.69, 9.17) is 16.3 Å². The number of nitrogens with one attached hydrogen (secondary N) is 3. The van der Waals surface area contributed by atoms with Crippen LogP contribution in [0.5, 0.6) is 0 Å². The molecule has 0 bridgehead atoms. The quantitative estimate of drug-likeness (QED) is 0.465. The van der Waals surface area contributed by atoms with Crippen molar-refractivity contribution in [3.05, 3.63) is 23.0 Å². The molecule has 172 valence electrons. The van der Waals surface area contributed by atoms with Gasteiger partial charge in [0.1, 0.15) is 10.8 Å². The Hall–Kier alpha value is -2.55. The SMILES string of the molecule is CCN(C(=O)OC(C)(C)C)[C@H]1CC[C@H](C(=O)NNC(=O)c2cnc(Cl)cc2NC)CC1. The van der Waals surface area contributed by atoms with Crippen molar-refractivity contribution in [2.75, 3.05) is 18.9 Å². The maximum Gasteiger partial charge on any atom is 0.410 e. The van der Waals surface area contributed by atoms with Crippen LogP contribution >= 0.6 is 11.6 Å². The molecule has 0 saturated heterocycles. The average Bonchev–Trinajstić information content (AvgIpc) is 2.71. The van der Waals surface area contributed by atoms with Crippen LogP contribution in [0, 0.1) is 5.92 Å². The molecule has 31 heavy (non-hydrogen) atoms. The lowest BCUT2D eigenvalue weighted by atomic mass is 9.85. The van der Waals surface area contributed by atoms with Crippen LogP contribution in [0.25, 0.3) is 0 Å². The van der Waals surface area contributed by atoms with E-state index in [1.807, 2.05) is 27.7 Å². The molecule has 0 aromatic carbocycles.